The van der Waals surface area contributed by atoms with E-state index in [-0.39, 0.29) is 0 Å². The van der Waals surface area contributed by atoms with E-state index in [1.807, 2.05) is 11.9 Å². The van der Waals surface area contributed by atoms with Crippen molar-refractivity contribution in [1.82, 2.24) is 4.90 Å². The second-order valence-corrected chi connectivity index (χ2v) is 4.51. The van der Waals surface area contributed by atoms with E-state index in [2.05, 4.69) is 20.8 Å². The molecule has 1 fully saturated rings. The van der Waals surface area contributed by atoms with Crippen LogP contribution in [0.5, 0.6) is 0 Å². The van der Waals surface area contributed by atoms with E-state index < -0.39 is 0 Å². The summed E-state index contributed by atoms with van der Waals surface area (Å²) < 4.78 is 0. The molecule has 1 rings (SSSR count). The molecule has 0 spiro atoms. The molecule has 2 unspecified atom stereocenters. The maximum Gasteiger partial charge on any atom is 0.222 e. The maximum atomic E-state index is 11.6. The molecule has 2 heteroatoms. The van der Waals surface area contributed by atoms with E-state index >= 15 is 0 Å². The lowest BCUT2D eigenvalue weighted by Gasteiger charge is -2.38. The van der Waals surface area contributed by atoms with Crippen LogP contribution in [0.25, 0.3) is 0 Å². The van der Waals surface area contributed by atoms with Crippen LogP contribution in [0, 0.1) is 11.8 Å². The molecule has 76 valence electrons. The molecular formula is C11H21NO. The van der Waals surface area contributed by atoms with Crippen molar-refractivity contribution in [2.45, 2.75) is 46.1 Å². The van der Waals surface area contributed by atoms with Crippen molar-refractivity contribution >= 4 is 5.91 Å². The zero-order valence-corrected chi connectivity index (χ0v) is 9.21. The van der Waals surface area contributed by atoms with Gasteiger partial charge in [-0.15, -0.1) is 0 Å². The molecule has 0 aliphatic carbocycles. The maximum absolute atomic E-state index is 11.6. The van der Waals surface area contributed by atoms with Crippen molar-refractivity contribution in [2.75, 3.05) is 7.05 Å². The molecule has 1 aliphatic rings. The van der Waals surface area contributed by atoms with E-state index in [1.54, 1.807) is 0 Å². The monoisotopic (exact) mass is 183 g/mol. The van der Waals surface area contributed by atoms with Gasteiger partial charge in [-0.2, -0.15) is 0 Å². The summed E-state index contributed by atoms with van der Waals surface area (Å²) in [6, 6.07) is 0.480. The number of carbonyl (C=O) groups excluding carboxylic acids is 1. The number of carbonyl (C=O) groups is 1. The lowest BCUT2D eigenvalue weighted by molar-refractivity contribution is -0.137. The van der Waals surface area contributed by atoms with Crippen LogP contribution in [0.2, 0.25) is 0 Å². The fourth-order valence-corrected chi connectivity index (χ4v) is 2.11. The third-order valence-electron chi connectivity index (χ3n) is 3.37. The first kappa shape index (κ1) is 10.6. The van der Waals surface area contributed by atoms with Crippen LogP contribution < -0.4 is 0 Å². The second-order valence-electron chi connectivity index (χ2n) is 4.51. The summed E-state index contributed by atoms with van der Waals surface area (Å²) in [5, 5.41) is 0. The molecule has 0 saturated carbocycles. The van der Waals surface area contributed by atoms with E-state index in [4.69, 9.17) is 0 Å². The Hall–Kier alpha value is -0.530. The summed E-state index contributed by atoms with van der Waals surface area (Å²) in [5.41, 5.74) is 0. The van der Waals surface area contributed by atoms with Crippen LogP contribution >= 0.6 is 0 Å². The Balaban J connectivity index is 2.63. The highest BCUT2D eigenvalue weighted by Crippen LogP contribution is 2.29. The van der Waals surface area contributed by atoms with E-state index in [1.165, 1.54) is 6.42 Å². The van der Waals surface area contributed by atoms with Crippen LogP contribution in [0.3, 0.4) is 0 Å². The van der Waals surface area contributed by atoms with Crippen molar-refractivity contribution in [3.05, 3.63) is 0 Å². The second kappa shape index (κ2) is 4.12. The van der Waals surface area contributed by atoms with Crippen molar-refractivity contribution in [3.63, 3.8) is 0 Å². The lowest BCUT2D eigenvalue weighted by Crippen LogP contribution is -2.44. The van der Waals surface area contributed by atoms with Gasteiger partial charge in [-0.1, -0.05) is 20.8 Å². The zero-order chi connectivity index (χ0) is 10.0. The van der Waals surface area contributed by atoms with Gasteiger partial charge in [0.25, 0.3) is 0 Å². The molecule has 0 aromatic rings. The molecule has 0 aromatic carbocycles. The van der Waals surface area contributed by atoms with Gasteiger partial charge in [-0.25, -0.2) is 0 Å². The third-order valence-corrected chi connectivity index (χ3v) is 3.37. The van der Waals surface area contributed by atoms with Gasteiger partial charge in [0.15, 0.2) is 0 Å². The molecular weight excluding hydrogens is 162 g/mol. The van der Waals surface area contributed by atoms with E-state index in [0.29, 0.717) is 23.8 Å². The van der Waals surface area contributed by atoms with Gasteiger partial charge >= 0.3 is 0 Å². The molecule has 2 nitrogen and oxygen atoms in total. The summed E-state index contributed by atoms with van der Waals surface area (Å²) in [4.78, 5) is 13.5. The molecule has 0 N–H and O–H groups in total. The molecule has 1 saturated heterocycles. The average molecular weight is 183 g/mol. The predicted molar refractivity (Wildman–Crippen MR) is 54.4 cm³/mol. The number of likely N-dealkylation sites (tertiary alicyclic amines) is 1. The van der Waals surface area contributed by atoms with E-state index in [9.17, 15) is 4.79 Å². The number of nitrogens with zero attached hydrogens (tertiary/aromatic N) is 1. The minimum Gasteiger partial charge on any atom is -0.343 e. The van der Waals surface area contributed by atoms with Crippen molar-refractivity contribution in [2.24, 2.45) is 11.8 Å². The SMILES string of the molecule is CCC1CC(C(C)C)CC(=O)N1C. The number of amides is 1. The number of piperidine rings is 1. The quantitative estimate of drug-likeness (QED) is 0.643. The summed E-state index contributed by atoms with van der Waals surface area (Å²) in [6.45, 7) is 6.60. The fraction of sp³-hybridized carbons (Fsp3) is 0.909. The average Bonchev–Trinajstić information content (AvgIpc) is 2.09. The molecule has 1 heterocycles. The van der Waals surface area contributed by atoms with Gasteiger partial charge in [0, 0.05) is 19.5 Å². The third kappa shape index (κ3) is 2.23. The highest BCUT2D eigenvalue weighted by atomic mass is 16.2. The van der Waals surface area contributed by atoms with E-state index in [0.717, 1.165) is 12.8 Å². The molecule has 0 bridgehead atoms. The fourth-order valence-electron chi connectivity index (χ4n) is 2.11. The normalized spacial score (nSPS) is 29.9. The van der Waals surface area contributed by atoms with Crippen molar-refractivity contribution in [3.8, 4) is 0 Å². The topological polar surface area (TPSA) is 20.3 Å². The number of hydrogen-bond donors (Lipinski definition) is 0. The smallest absolute Gasteiger partial charge is 0.222 e. The zero-order valence-electron chi connectivity index (χ0n) is 9.21. The Morgan fingerprint density at radius 2 is 2.15 bits per heavy atom. The van der Waals surface area contributed by atoms with Crippen LogP contribution in [0.1, 0.15) is 40.0 Å². The number of rotatable bonds is 2. The summed E-state index contributed by atoms with van der Waals surface area (Å²) in [6.07, 6.45) is 3.03. The lowest BCUT2D eigenvalue weighted by atomic mass is 9.82. The van der Waals surface area contributed by atoms with Gasteiger partial charge in [0.2, 0.25) is 5.91 Å². The minimum atomic E-state index is 0.330. The van der Waals surface area contributed by atoms with Crippen LogP contribution in [0.15, 0.2) is 0 Å². The molecule has 13 heavy (non-hydrogen) atoms. The minimum absolute atomic E-state index is 0.330. The summed E-state index contributed by atoms with van der Waals surface area (Å²) in [7, 11) is 1.94. The Kier molecular flexibility index (Phi) is 3.34. The summed E-state index contributed by atoms with van der Waals surface area (Å²) >= 11 is 0. The standard InChI is InChI=1S/C11H21NO/c1-5-10-6-9(8(2)3)7-11(13)12(10)4/h8-10H,5-7H2,1-4H3. The van der Waals surface area contributed by atoms with Crippen LogP contribution in [-0.2, 0) is 4.79 Å². The van der Waals surface area contributed by atoms with Gasteiger partial charge in [0.1, 0.15) is 0 Å². The molecule has 0 radical (unpaired) electrons. The Bertz CT molecular complexity index is 189. The highest BCUT2D eigenvalue weighted by molar-refractivity contribution is 5.77. The first-order valence-electron chi connectivity index (χ1n) is 5.31. The predicted octanol–water partition coefficient (Wildman–Crippen LogP) is 2.29. The Labute approximate surface area is 81.3 Å². The van der Waals surface area contributed by atoms with Gasteiger partial charge in [-0.05, 0) is 24.7 Å². The highest BCUT2D eigenvalue weighted by Gasteiger charge is 2.31. The van der Waals surface area contributed by atoms with Crippen molar-refractivity contribution < 1.29 is 4.79 Å². The first-order valence-corrected chi connectivity index (χ1v) is 5.31. The molecule has 0 aromatic heterocycles. The molecule has 1 aliphatic heterocycles. The van der Waals surface area contributed by atoms with Crippen LogP contribution in [-0.4, -0.2) is 23.9 Å². The first-order chi connectivity index (χ1) is 6.06. The van der Waals surface area contributed by atoms with Crippen molar-refractivity contribution in [1.29, 1.82) is 0 Å². The molecule has 1 amide bonds. The van der Waals surface area contributed by atoms with Gasteiger partial charge in [0.05, 0.1) is 0 Å². The number of hydrogen-bond acceptors (Lipinski definition) is 1. The summed E-state index contributed by atoms with van der Waals surface area (Å²) in [5.74, 6) is 1.58. The van der Waals surface area contributed by atoms with Gasteiger partial charge < -0.3 is 4.90 Å². The largest absolute Gasteiger partial charge is 0.343 e. The Morgan fingerprint density at radius 3 is 2.62 bits per heavy atom. The van der Waals surface area contributed by atoms with Crippen LogP contribution in [0.4, 0.5) is 0 Å². The molecule has 2 atom stereocenters. The Morgan fingerprint density at radius 1 is 1.54 bits per heavy atom. The van der Waals surface area contributed by atoms with Gasteiger partial charge in [-0.3, -0.25) is 4.79 Å².